The number of rotatable bonds is 4. The van der Waals surface area contributed by atoms with Crippen LogP contribution in [0.4, 0.5) is 0 Å². The molecular formula is C15H28N2O2. The summed E-state index contributed by atoms with van der Waals surface area (Å²) in [6.07, 6.45) is 7.61. The van der Waals surface area contributed by atoms with Crippen LogP contribution in [0.15, 0.2) is 0 Å². The zero-order valence-electron chi connectivity index (χ0n) is 12.2. The van der Waals surface area contributed by atoms with E-state index in [0.29, 0.717) is 6.04 Å². The molecule has 0 radical (unpaired) electrons. The molecule has 3 fully saturated rings. The summed E-state index contributed by atoms with van der Waals surface area (Å²) >= 11 is 0. The molecule has 0 bridgehead atoms. The van der Waals surface area contributed by atoms with Crippen molar-refractivity contribution in [3.05, 3.63) is 0 Å². The van der Waals surface area contributed by atoms with Crippen molar-refractivity contribution in [2.45, 2.75) is 63.4 Å². The van der Waals surface area contributed by atoms with Crippen LogP contribution in [0, 0.1) is 0 Å². The third-order valence-electron chi connectivity index (χ3n) is 4.91. The van der Waals surface area contributed by atoms with Crippen LogP contribution >= 0.6 is 0 Å². The van der Waals surface area contributed by atoms with Crippen molar-refractivity contribution in [3.8, 4) is 0 Å². The summed E-state index contributed by atoms with van der Waals surface area (Å²) in [7, 11) is 0. The van der Waals surface area contributed by atoms with Crippen LogP contribution in [-0.4, -0.2) is 55.6 Å². The first-order chi connectivity index (χ1) is 9.31. The van der Waals surface area contributed by atoms with Crippen molar-refractivity contribution in [3.63, 3.8) is 0 Å². The molecule has 4 heteroatoms. The topological polar surface area (TPSA) is 33.7 Å². The molecule has 0 aromatic rings. The van der Waals surface area contributed by atoms with Gasteiger partial charge in [0.2, 0.25) is 0 Å². The van der Waals surface area contributed by atoms with Crippen molar-refractivity contribution in [2.24, 2.45) is 0 Å². The highest BCUT2D eigenvalue weighted by Crippen LogP contribution is 2.39. The average Bonchev–Trinajstić information content (AvgIpc) is 3.08. The molecule has 1 aliphatic carbocycles. The minimum Gasteiger partial charge on any atom is -0.347 e. The molecule has 1 spiro atoms. The molecule has 2 atom stereocenters. The minimum absolute atomic E-state index is 0.200. The van der Waals surface area contributed by atoms with Crippen LogP contribution in [0.3, 0.4) is 0 Å². The molecule has 110 valence electrons. The highest BCUT2D eigenvalue weighted by molar-refractivity contribution is 4.87. The van der Waals surface area contributed by atoms with Crippen molar-refractivity contribution in [1.82, 2.24) is 10.2 Å². The Labute approximate surface area is 116 Å². The second-order valence-corrected chi connectivity index (χ2v) is 6.26. The van der Waals surface area contributed by atoms with Gasteiger partial charge in [0.05, 0.1) is 12.7 Å². The normalized spacial score (nSPS) is 34.4. The van der Waals surface area contributed by atoms with Gasteiger partial charge < -0.3 is 14.8 Å². The van der Waals surface area contributed by atoms with E-state index in [1.807, 2.05) is 0 Å². The molecule has 2 aliphatic heterocycles. The zero-order valence-corrected chi connectivity index (χ0v) is 12.2. The molecule has 3 rings (SSSR count). The molecule has 4 nitrogen and oxygen atoms in total. The van der Waals surface area contributed by atoms with E-state index in [1.165, 1.54) is 32.2 Å². The Kier molecular flexibility index (Phi) is 4.42. The third-order valence-corrected chi connectivity index (χ3v) is 4.91. The van der Waals surface area contributed by atoms with Crippen molar-refractivity contribution < 1.29 is 9.47 Å². The SMILES string of the molecule is CCN(CC1COC2(CCCC2)O1)C1CCCNC1. The third kappa shape index (κ3) is 3.13. The van der Waals surface area contributed by atoms with Gasteiger partial charge in [-0.25, -0.2) is 0 Å². The first kappa shape index (κ1) is 13.8. The quantitative estimate of drug-likeness (QED) is 0.842. The summed E-state index contributed by atoms with van der Waals surface area (Å²) in [6.45, 7) is 7.50. The van der Waals surface area contributed by atoms with Gasteiger partial charge in [-0.05, 0) is 38.8 Å². The maximum absolute atomic E-state index is 6.25. The van der Waals surface area contributed by atoms with E-state index in [-0.39, 0.29) is 11.9 Å². The molecular weight excluding hydrogens is 240 g/mol. The maximum atomic E-state index is 6.25. The maximum Gasteiger partial charge on any atom is 0.168 e. The Bertz CT molecular complexity index is 286. The van der Waals surface area contributed by atoms with Gasteiger partial charge >= 0.3 is 0 Å². The number of nitrogens with one attached hydrogen (secondary N) is 1. The highest BCUT2D eigenvalue weighted by Gasteiger charge is 2.44. The number of hydrogen-bond donors (Lipinski definition) is 1. The lowest BCUT2D eigenvalue weighted by Gasteiger charge is -2.35. The summed E-state index contributed by atoms with van der Waals surface area (Å²) in [4.78, 5) is 2.58. The monoisotopic (exact) mass is 268 g/mol. The van der Waals surface area contributed by atoms with Gasteiger partial charge in [-0.2, -0.15) is 0 Å². The molecule has 19 heavy (non-hydrogen) atoms. The fourth-order valence-corrected chi connectivity index (χ4v) is 3.83. The van der Waals surface area contributed by atoms with Crippen molar-refractivity contribution in [1.29, 1.82) is 0 Å². The van der Waals surface area contributed by atoms with E-state index < -0.39 is 0 Å². The number of hydrogen-bond acceptors (Lipinski definition) is 4. The van der Waals surface area contributed by atoms with E-state index >= 15 is 0 Å². The van der Waals surface area contributed by atoms with E-state index in [0.717, 1.165) is 39.1 Å². The molecule has 1 saturated carbocycles. The largest absolute Gasteiger partial charge is 0.347 e. The van der Waals surface area contributed by atoms with Crippen LogP contribution in [0.1, 0.15) is 45.4 Å². The lowest BCUT2D eigenvalue weighted by Crippen LogP contribution is -2.49. The molecule has 0 aromatic heterocycles. The molecule has 3 aliphatic rings. The van der Waals surface area contributed by atoms with Gasteiger partial charge in [0.15, 0.2) is 5.79 Å². The van der Waals surface area contributed by atoms with Crippen LogP contribution < -0.4 is 5.32 Å². The molecule has 0 amide bonds. The lowest BCUT2D eigenvalue weighted by molar-refractivity contribution is -0.163. The Morgan fingerprint density at radius 1 is 1.26 bits per heavy atom. The molecule has 2 heterocycles. The first-order valence-electron chi connectivity index (χ1n) is 8.08. The Morgan fingerprint density at radius 2 is 2.11 bits per heavy atom. The van der Waals surface area contributed by atoms with E-state index in [2.05, 4.69) is 17.1 Å². The van der Waals surface area contributed by atoms with Gasteiger partial charge in [-0.1, -0.05) is 6.92 Å². The number of ether oxygens (including phenoxy) is 2. The Balaban J connectivity index is 1.52. The number of nitrogens with zero attached hydrogens (tertiary/aromatic N) is 1. The predicted octanol–water partition coefficient (Wildman–Crippen LogP) is 1.75. The summed E-state index contributed by atoms with van der Waals surface area (Å²) in [6, 6.07) is 0.683. The fourth-order valence-electron chi connectivity index (χ4n) is 3.83. The van der Waals surface area contributed by atoms with E-state index in [1.54, 1.807) is 0 Å². The second-order valence-electron chi connectivity index (χ2n) is 6.26. The van der Waals surface area contributed by atoms with Gasteiger partial charge in [0.1, 0.15) is 0 Å². The van der Waals surface area contributed by atoms with Gasteiger partial charge in [-0.3, -0.25) is 4.90 Å². The van der Waals surface area contributed by atoms with Crippen molar-refractivity contribution >= 4 is 0 Å². The number of likely N-dealkylation sites (N-methyl/N-ethyl adjacent to an activating group) is 1. The summed E-state index contributed by atoms with van der Waals surface area (Å²) < 4.78 is 12.2. The highest BCUT2D eigenvalue weighted by atomic mass is 16.7. The van der Waals surface area contributed by atoms with Crippen LogP contribution in [0.2, 0.25) is 0 Å². The van der Waals surface area contributed by atoms with Gasteiger partial charge in [0, 0.05) is 32.0 Å². The fraction of sp³-hybridized carbons (Fsp3) is 1.00. The predicted molar refractivity (Wildman–Crippen MR) is 75.2 cm³/mol. The zero-order chi connectivity index (χ0) is 13.1. The molecule has 0 aromatic carbocycles. The standard InChI is InChI=1S/C15H28N2O2/c1-2-17(13-6-5-9-16-10-13)11-14-12-18-15(19-14)7-3-4-8-15/h13-14,16H,2-12H2,1H3. The Morgan fingerprint density at radius 3 is 2.79 bits per heavy atom. The Hall–Kier alpha value is -0.160. The van der Waals surface area contributed by atoms with Gasteiger partial charge in [-0.15, -0.1) is 0 Å². The summed E-state index contributed by atoms with van der Waals surface area (Å²) in [5.74, 6) is -0.200. The summed E-state index contributed by atoms with van der Waals surface area (Å²) in [5, 5.41) is 3.51. The minimum atomic E-state index is -0.200. The van der Waals surface area contributed by atoms with Gasteiger partial charge in [0.25, 0.3) is 0 Å². The second kappa shape index (κ2) is 6.08. The molecule has 2 saturated heterocycles. The van der Waals surface area contributed by atoms with Crippen LogP contribution in [-0.2, 0) is 9.47 Å². The van der Waals surface area contributed by atoms with Crippen LogP contribution in [0.5, 0.6) is 0 Å². The smallest absolute Gasteiger partial charge is 0.168 e. The first-order valence-corrected chi connectivity index (χ1v) is 8.08. The lowest BCUT2D eigenvalue weighted by atomic mass is 10.1. The number of piperidine rings is 1. The van der Waals surface area contributed by atoms with Crippen molar-refractivity contribution in [2.75, 3.05) is 32.8 Å². The van der Waals surface area contributed by atoms with Crippen LogP contribution in [0.25, 0.3) is 0 Å². The summed E-state index contributed by atoms with van der Waals surface area (Å²) in [5.41, 5.74) is 0. The van der Waals surface area contributed by atoms with E-state index in [9.17, 15) is 0 Å². The van der Waals surface area contributed by atoms with E-state index in [4.69, 9.17) is 9.47 Å². The average molecular weight is 268 g/mol. The molecule has 2 unspecified atom stereocenters. The molecule has 1 N–H and O–H groups in total.